The minimum Gasteiger partial charge on any atom is -0.345 e. The van der Waals surface area contributed by atoms with Crippen molar-refractivity contribution < 1.29 is 4.79 Å². The number of H-pyrrole nitrogens is 1. The van der Waals surface area contributed by atoms with E-state index in [0.29, 0.717) is 5.56 Å². The topological polar surface area (TPSA) is 45.8 Å². The number of imidazole rings is 1. The van der Waals surface area contributed by atoms with Gasteiger partial charge in [-0.15, -0.1) is 0 Å². The molecule has 0 aliphatic heterocycles. The molecule has 14 heavy (non-hydrogen) atoms. The van der Waals surface area contributed by atoms with Crippen molar-refractivity contribution in [1.29, 1.82) is 0 Å². The van der Waals surface area contributed by atoms with E-state index in [9.17, 15) is 4.79 Å². The molecule has 1 aromatic heterocycles. The van der Waals surface area contributed by atoms with E-state index in [4.69, 9.17) is 0 Å². The number of carbonyl (C=O) groups is 1. The van der Waals surface area contributed by atoms with E-state index in [0.717, 1.165) is 11.0 Å². The number of benzene rings is 1. The monoisotopic (exact) mass is 316 g/mol. The van der Waals surface area contributed by atoms with Crippen LogP contribution < -0.4 is 0 Å². The summed E-state index contributed by atoms with van der Waals surface area (Å²) in [4.78, 5) is 18.6. The second-order valence-electron chi connectivity index (χ2n) is 2.80. The summed E-state index contributed by atoms with van der Waals surface area (Å²) in [6.07, 6.45) is 1.61. The SMILES string of the molecule is O=C(c1ccc2nc[nH]c2c1)C(Br)Br. The third-order valence-electron chi connectivity index (χ3n) is 1.90. The normalized spacial score (nSPS) is 11.1. The predicted octanol–water partition coefficient (Wildman–Crippen LogP) is 2.86. The molecule has 2 aromatic rings. The molecule has 0 spiro atoms. The fourth-order valence-electron chi connectivity index (χ4n) is 1.21. The van der Waals surface area contributed by atoms with Crippen molar-refractivity contribution in [2.75, 3.05) is 0 Å². The number of halogens is 2. The summed E-state index contributed by atoms with van der Waals surface area (Å²) in [7, 11) is 0. The maximum atomic E-state index is 11.6. The van der Waals surface area contributed by atoms with Crippen LogP contribution in [0.4, 0.5) is 0 Å². The summed E-state index contributed by atoms with van der Waals surface area (Å²) in [6, 6.07) is 5.38. The Morgan fingerprint density at radius 3 is 2.93 bits per heavy atom. The number of hydrogen-bond acceptors (Lipinski definition) is 2. The molecule has 0 amide bonds. The number of fused-ring (bicyclic) bond motifs is 1. The predicted molar refractivity (Wildman–Crippen MR) is 62.1 cm³/mol. The third-order valence-corrected chi connectivity index (χ3v) is 2.73. The fraction of sp³-hybridized carbons (Fsp3) is 0.111. The van der Waals surface area contributed by atoms with Gasteiger partial charge >= 0.3 is 0 Å². The summed E-state index contributed by atoms with van der Waals surface area (Å²) in [5.41, 5.74) is 2.39. The Morgan fingerprint density at radius 2 is 2.21 bits per heavy atom. The minimum absolute atomic E-state index is 0.00139. The van der Waals surface area contributed by atoms with Crippen LogP contribution in [-0.4, -0.2) is 19.5 Å². The number of nitrogens with zero attached hydrogens (tertiary/aromatic N) is 1. The maximum Gasteiger partial charge on any atom is 0.187 e. The molecule has 0 atom stereocenters. The van der Waals surface area contributed by atoms with Gasteiger partial charge in [0, 0.05) is 5.56 Å². The summed E-state index contributed by atoms with van der Waals surface area (Å²) in [6.45, 7) is 0. The number of alkyl halides is 2. The van der Waals surface area contributed by atoms with E-state index in [1.165, 1.54) is 0 Å². The molecule has 0 radical (unpaired) electrons. The lowest BCUT2D eigenvalue weighted by Gasteiger charge is -2.00. The zero-order valence-corrected chi connectivity index (χ0v) is 10.2. The van der Waals surface area contributed by atoms with E-state index in [2.05, 4.69) is 41.8 Å². The molecule has 72 valence electrons. The number of carbonyl (C=O) groups excluding carboxylic acids is 1. The molecule has 1 N–H and O–H groups in total. The van der Waals surface area contributed by atoms with Crippen LogP contribution in [0.1, 0.15) is 10.4 Å². The highest BCUT2D eigenvalue weighted by Gasteiger charge is 2.13. The Balaban J connectivity index is 2.48. The van der Waals surface area contributed by atoms with E-state index in [1.807, 2.05) is 6.07 Å². The average molecular weight is 318 g/mol. The Morgan fingerprint density at radius 1 is 1.43 bits per heavy atom. The summed E-state index contributed by atoms with van der Waals surface area (Å²) in [5.74, 6) is 0.00139. The Labute approximate surface area is 97.2 Å². The third kappa shape index (κ3) is 1.74. The summed E-state index contributed by atoms with van der Waals surface area (Å²) >= 11 is 6.35. The van der Waals surface area contributed by atoms with Crippen molar-refractivity contribution >= 4 is 48.7 Å². The number of ketones is 1. The second kappa shape index (κ2) is 3.82. The fourth-order valence-corrected chi connectivity index (χ4v) is 1.74. The molecule has 0 aliphatic carbocycles. The van der Waals surface area contributed by atoms with E-state index in [1.54, 1.807) is 18.5 Å². The molecule has 0 bridgehead atoms. The first kappa shape index (κ1) is 9.86. The van der Waals surface area contributed by atoms with Gasteiger partial charge in [-0.2, -0.15) is 0 Å². The molecule has 0 fully saturated rings. The van der Waals surface area contributed by atoms with Crippen molar-refractivity contribution in [2.45, 2.75) is 3.74 Å². The zero-order valence-electron chi connectivity index (χ0n) is 7.00. The van der Waals surface area contributed by atoms with Crippen LogP contribution in [0.3, 0.4) is 0 Å². The quantitative estimate of drug-likeness (QED) is 0.684. The molecule has 0 saturated heterocycles. The van der Waals surface area contributed by atoms with Crippen LogP contribution in [-0.2, 0) is 0 Å². The van der Waals surface area contributed by atoms with Gasteiger partial charge in [0.1, 0.15) is 3.74 Å². The van der Waals surface area contributed by atoms with Gasteiger partial charge in [-0.05, 0) is 18.2 Å². The number of nitrogens with one attached hydrogen (secondary N) is 1. The van der Waals surface area contributed by atoms with Crippen molar-refractivity contribution in [3.05, 3.63) is 30.1 Å². The summed E-state index contributed by atoms with van der Waals surface area (Å²) < 4.78 is -0.338. The lowest BCUT2D eigenvalue weighted by atomic mass is 10.1. The largest absolute Gasteiger partial charge is 0.345 e. The number of aromatic nitrogens is 2. The molecule has 0 unspecified atom stereocenters. The lowest BCUT2D eigenvalue weighted by Crippen LogP contribution is -2.06. The number of aromatic amines is 1. The number of Topliss-reactive ketones (excluding diaryl/α,β-unsaturated/α-hetero) is 1. The maximum absolute atomic E-state index is 11.6. The van der Waals surface area contributed by atoms with Gasteiger partial charge in [0.25, 0.3) is 0 Å². The van der Waals surface area contributed by atoms with Gasteiger partial charge in [0.15, 0.2) is 5.78 Å². The van der Waals surface area contributed by atoms with E-state index in [-0.39, 0.29) is 9.52 Å². The van der Waals surface area contributed by atoms with Crippen molar-refractivity contribution in [3.8, 4) is 0 Å². The Bertz CT molecular complexity index is 478. The molecule has 5 heteroatoms. The van der Waals surface area contributed by atoms with E-state index < -0.39 is 0 Å². The zero-order chi connectivity index (χ0) is 10.1. The van der Waals surface area contributed by atoms with Crippen molar-refractivity contribution in [3.63, 3.8) is 0 Å². The van der Waals surface area contributed by atoms with Gasteiger partial charge in [-0.3, -0.25) is 4.79 Å². The number of hydrogen-bond donors (Lipinski definition) is 1. The van der Waals surface area contributed by atoms with Crippen LogP contribution in [0.25, 0.3) is 11.0 Å². The van der Waals surface area contributed by atoms with Gasteiger partial charge < -0.3 is 4.98 Å². The molecule has 0 saturated carbocycles. The van der Waals surface area contributed by atoms with Crippen LogP contribution in [0, 0.1) is 0 Å². The highest BCUT2D eigenvalue weighted by molar-refractivity contribution is 9.25. The van der Waals surface area contributed by atoms with Gasteiger partial charge in [0.05, 0.1) is 17.4 Å². The number of rotatable bonds is 2. The molecular weight excluding hydrogens is 312 g/mol. The van der Waals surface area contributed by atoms with Crippen molar-refractivity contribution in [2.24, 2.45) is 0 Å². The molecular formula is C9H6Br2N2O. The lowest BCUT2D eigenvalue weighted by molar-refractivity contribution is 0.101. The van der Waals surface area contributed by atoms with Crippen LogP contribution >= 0.6 is 31.9 Å². The van der Waals surface area contributed by atoms with Crippen molar-refractivity contribution in [1.82, 2.24) is 9.97 Å². The molecule has 2 rings (SSSR count). The van der Waals surface area contributed by atoms with E-state index >= 15 is 0 Å². The smallest absolute Gasteiger partial charge is 0.187 e. The van der Waals surface area contributed by atoms with Crippen LogP contribution in [0.2, 0.25) is 0 Å². The first-order valence-corrected chi connectivity index (χ1v) is 5.77. The molecule has 1 aromatic carbocycles. The first-order valence-electron chi connectivity index (χ1n) is 3.94. The summed E-state index contributed by atoms with van der Waals surface area (Å²) in [5, 5.41) is 0. The minimum atomic E-state index is -0.338. The average Bonchev–Trinajstić information content (AvgIpc) is 2.62. The van der Waals surface area contributed by atoms with Crippen LogP contribution in [0.15, 0.2) is 24.5 Å². The highest BCUT2D eigenvalue weighted by atomic mass is 79.9. The highest BCUT2D eigenvalue weighted by Crippen LogP contribution is 2.18. The Hall–Kier alpha value is -0.680. The molecule has 0 aliphatic rings. The standard InChI is InChI=1S/C9H6Br2N2O/c10-9(11)8(14)5-1-2-6-7(3-5)13-4-12-6/h1-4,9H,(H,12,13). The first-order chi connectivity index (χ1) is 6.68. The molecule has 3 nitrogen and oxygen atoms in total. The second-order valence-corrected chi connectivity index (χ2v) is 5.86. The van der Waals surface area contributed by atoms with Gasteiger partial charge in [0.2, 0.25) is 0 Å². The van der Waals surface area contributed by atoms with Gasteiger partial charge in [-0.25, -0.2) is 4.98 Å². The Kier molecular flexibility index (Phi) is 2.69. The van der Waals surface area contributed by atoms with Crippen LogP contribution in [0.5, 0.6) is 0 Å². The van der Waals surface area contributed by atoms with Gasteiger partial charge in [-0.1, -0.05) is 31.9 Å². The molecule has 1 heterocycles.